The molecule has 0 aliphatic carbocycles. The molecule has 3 heterocycles. The van der Waals surface area contributed by atoms with Crippen LogP contribution in [0.3, 0.4) is 0 Å². The number of hydrogen-bond acceptors (Lipinski definition) is 7. The Morgan fingerprint density at radius 2 is 2.03 bits per heavy atom. The normalized spacial score (nSPS) is 13.8. The minimum Gasteiger partial charge on any atom is -0.508 e. The second-order valence-electron chi connectivity index (χ2n) is 6.51. The van der Waals surface area contributed by atoms with Gasteiger partial charge in [0.05, 0.1) is 0 Å². The van der Waals surface area contributed by atoms with Crippen molar-refractivity contribution < 1.29 is 24.2 Å². The van der Waals surface area contributed by atoms with E-state index in [1.807, 2.05) is 6.07 Å². The number of Topliss-reactive ketones (excluding diaryl/α,β-unsaturated/α-hetero) is 1. The number of furan rings is 1. The zero-order chi connectivity index (χ0) is 20.4. The lowest BCUT2D eigenvalue weighted by atomic mass is 10.0. The Balaban J connectivity index is 1.78. The summed E-state index contributed by atoms with van der Waals surface area (Å²) in [6.45, 7) is -0.203. The van der Waals surface area contributed by atoms with Crippen molar-refractivity contribution in [1.29, 1.82) is 0 Å². The maximum atomic E-state index is 12.5. The van der Waals surface area contributed by atoms with Crippen LogP contribution in [-0.2, 0) is 11.2 Å². The molecule has 7 heteroatoms. The van der Waals surface area contributed by atoms with Crippen LogP contribution in [0.25, 0.3) is 11.6 Å². The largest absolute Gasteiger partial charge is 0.508 e. The van der Waals surface area contributed by atoms with E-state index in [0.717, 1.165) is 5.56 Å². The Labute approximate surface area is 166 Å². The summed E-state index contributed by atoms with van der Waals surface area (Å²) in [6.07, 6.45) is 5.03. The second-order valence-corrected chi connectivity index (χ2v) is 6.51. The zero-order valence-corrected chi connectivity index (χ0v) is 15.6. The van der Waals surface area contributed by atoms with Gasteiger partial charge in [-0.2, -0.15) is 0 Å². The molecule has 1 aliphatic rings. The monoisotopic (exact) mass is 390 g/mol. The Bertz CT molecular complexity index is 1140. The lowest BCUT2D eigenvalue weighted by Gasteiger charge is -2.04. The van der Waals surface area contributed by atoms with Gasteiger partial charge >= 0.3 is 0 Å². The molecule has 0 bridgehead atoms. The van der Waals surface area contributed by atoms with Crippen LogP contribution in [-0.4, -0.2) is 40.9 Å². The van der Waals surface area contributed by atoms with Gasteiger partial charge in [0.2, 0.25) is 0 Å². The average molecular weight is 390 g/mol. The van der Waals surface area contributed by atoms with E-state index in [2.05, 4.69) is 9.98 Å². The number of aliphatic imine (C=N–C) groups is 1. The molecule has 146 valence electrons. The number of allylic oxidation sites excluding steroid dienone is 1. The molecule has 0 unspecified atom stereocenters. The third-order valence-corrected chi connectivity index (χ3v) is 4.59. The number of aromatic nitrogens is 1. The third-order valence-electron chi connectivity index (χ3n) is 4.59. The van der Waals surface area contributed by atoms with Gasteiger partial charge in [0.1, 0.15) is 23.7 Å². The lowest BCUT2D eigenvalue weighted by molar-refractivity contribution is 0.0844. The van der Waals surface area contributed by atoms with E-state index in [4.69, 9.17) is 9.15 Å². The molecule has 1 aliphatic heterocycles. The van der Waals surface area contributed by atoms with E-state index in [0.29, 0.717) is 17.0 Å². The predicted octanol–water partition coefficient (Wildman–Crippen LogP) is 3.76. The number of ketones is 1. The third kappa shape index (κ3) is 3.55. The standard InChI is InChI=1S/C22H18N2O5/c1-28-12-17(26)20-18(9-13-5-2-3-7-16(13)25)29-19(21(20)27)10-14-11-24-22-15(14)6-4-8-23-22/h2-8,10-11,25,27H,9,12H2,1H3. The molecule has 4 rings (SSSR count). The first-order valence-corrected chi connectivity index (χ1v) is 8.93. The summed E-state index contributed by atoms with van der Waals surface area (Å²) in [5.74, 6) is 0.361. The molecular weight excluding hydrogens is 372 g/mol. The first-order chi connectivity index (χ1) is 14.1. The van der Waals surface area contributed by atoms with Crippen LogP contribution in [0.5, 0.6) is 11.5 Å². The Morgan fingerprint density at radius 3 is 2.83 bits per heavy atom. The molecule has 0 spiro atoms. The highest BCUT2D eigenvalue weighted by Gasteiger charge is 2.26. The van der Waals surface area contributed by atoms with Crippen molar-refractivity contribution in [2.24, 2.45) is 4.99 Å². The summed E-state index contributed by atoms with van der Waals surface area (Å²) in [6, 6.07) is 10.4. The fourth-order valence-corrected chi connectivity index (χ4v) is 3.22. The topological polar surface area (TPSA) is 105 Å². The van der Waals surface area contributed by atoms with Crippen LogP contribution in [0.1, 0.15) is 33.0 Å². The molecule has 0 radical (unpaired) electrons. The first-order valence-electron chi connectivity index (χ1n) is 8.93. The Hall–Kier alpha value is -3.71. The molecule has 0 amide bonds. The van der Waals surface area contributed by atoms with Crippen LogP contribution in [0.15, 0.2) is 52.0 Å². The van der Waals surface area contributed by atoms with Crippen molar-refractivity contribution >= 4 is 29.5 Å². The summed E-state index contributed by atoms with van der Waals surface area (Å²) in [4.78, 5) is 21.0. The van der Waals surface area contributed by atoms with Gasteiger partial charge in [-0.1, -0.05) is 18.2 Å². The van der Waals surface area contributed by atoms with E-state index in [-0.39, 0.29) is 41.6 Å². The van der Waals surface area contributed by atoms with Gasteiger partial charge in [-0.05, 0) is 24.3 Å². The summed E-state index contributed by atoms with van der Waals surface area (Å²) in [7, 11) is 1.40. The minimum atomic E-state index is -0.411. The fraction of sp³-hybridized carbons (Fsp3) is 0.136. The second kappa shape index (κ2) is 7.73. The lowest BCUT2D eigenvalue weighted by Crippen LogP contribution is -2.09. The average Bonchev–Trinajstić information content (AvgIpc) is 3.25. The van der Waals surface area contributed by atoms with E-state index in [1.54, 1.807) is 48.8 Å². The SMILES string of the molecule is COCC(=O)c1c(Cc2ccccc2O)oc(C=C2C=Nc3ncccc32)c1O. The molecule has 1 aromatic carbocycles. The number of phenolic OH excluding ortho intramolecular Hbond substituents is 1. The number of fused-ring (bicyclic) bond motifs is 1. The van der Waals surface area contributed by atoms with E-state index in [1.165, 1.54) is 7.11 Å². The number of benzene rings is 1. The number of hydrogen-bond donors (Lipinski definition) is 2. The molecule has 0 saturated carbocycles. The molecule has 2 aromatic heterocycles. The van der Waals surface area contributed by atoms with Crippen molar-refractivity contribution in [3.63, 3.8) is 0 Å². The molecule has 0 saturated heterocycles. The summed E-state index contributed by atoms with van der Waals surface area (Å²) in [5, 5.41) is 20.8. The Morgan fingerprint density at radius 1 is 1.21 bits per heavy atom. The molecule has 2 N–H and O–H groups in total. The number of pyridine rings is 1. The number of carbonyl (C=O) groups is 1. The van der Waals surface area contributed by atoms with Gasteiger partial charge in [-0.3, -0.25) is 4.79 Å². The van der Waals surface area contributed by atoms with Gasteiger partial charge in [-0.15, -0.1) is 0 Å². The van der Waals surface area contributed by atoms with Crippen LogP contribution < -0.4 is 0 Å². The van der Waals surface area contributed by atoms with Gasteiger partial charge in [-0.25, -0.2) is 9.98 Å². The van der Waals surface area contributed by atoms with Gasteiger partial charge < -0.3 is 19.4 Å². The first kappa shape index (κ1) is 18.6. The number of phenols is 1. The van der Waals surface area contributed by atoms with Crippen LogP contribution in [0.2, 0.25) is 0 Å². The van der Waals surface area contributed by atoms with Crippen molar-refractivity contribution in [3.05, 3.63) is 70.8 Å². The number of para-hydroxylation sites is 1. The maximum absolute atomic E-state index is 12.5. The minimum absolute atomic E-state index is 0.0447. The van der Waals surface area contributed by atoms with Crippen molar-refractivity contribution in [3.8, 4) is 11.5 Å². The van der Waals surface area contributed by atoms with Crippen LogP contribution in [0, 0.1) is 0 Å². The fourth-order valence-electron chi connectivity index (χ4n) is 3.22. The highest BCUT2D eigenvalue weighted by Crippen LogP contribution is 2.37. The Kier molecular flexibility index (Phi) is 4.97. The molecule has 7 nitrogen and oxygen atoms in total. The molecule has 29 heavy (non-hydrogen) atoms. The van der Waals surface area contributed by atoms with Crippen molar-refractivity contribution in [1.82, 2.24) is 4.98 Å². The highest BCUT2D eigenvalue weighted by atomic mass is 16.5. The zero-order valence-electron chi connectivity index (χ0n) is 15.6. The number of nitrogens with zero attached hydrogens (tertiary/aromatic N) is 2. The summed E-state index contributed by atoms with van der Waals surface area (Å²) < 4.78 is 10.8. The maximum Gasteiger partial charge on any atom is 0.195 e. The van der Waals surface area contributed by atoms with E-state index < -0.39 is 5.78 Å². The van der Waals surface area contributed by atoms with Crippen LogP contribution in [0.4, 0.5) is 5.82 Å². The van der Waals surface area contributed by atoms with E-state index >= 15 is 0 Å². The number of rotatable bonds is 6. The number of methoxy groups -OCH3 is 1. The van der Waals surface area contributed by atoms with Crippen LogP contribution >= 0.6 is 0 Å². The van der Waals surface area contributed by atoms with Gasteiger partial charge in [0.15, 0.2) is 23.1 Å². The highest BCUT2D eigenvalue weighted by molar-refractivity contribution is 6.21. The molecule has 0 fully saturated rings. The van der Waals surface area contributed by atoms with Crippen molar-refractivity contribution in [2.45, 2.75) is 6.42 Å². The smallest absolute Gasteiger partial charge is 0.195 e. The summed E-state index contributed by atoms with van der Waals surface area (Å²) in [5.41, 5.74) is 2.12. The number of carbonyl (C=O) groups excluding carboxylic acids is 1. The molecular formula is C22H18N2O5. The number of aromatic hydroxyl groups is 2. The predicted molar refractivity (Wildman–Crippen MR) is 108 cm³/mol. The van der Waals surface area contributed by atoms with Crippen molar-refractivity contribution in [2.75, 3.05) is 13.7 Å². The van der Waals surface area contributed by atoms with Gasteiger partial charge in [0.25, 0.3) is 0 Å². The molecule has 3 aromatic rings. The quantitative estimate of drug-likeness (QED) is 0.621. The van der Waals surface area contributed by atoms with E-state index in [9.17, 15) is 15.0 Å². The number of ether oxygens (including phenoxy) is 1. The summed E-state index contributed by atoms with van der Waals surface area (Å²) >= 11 is 0. The molecule has 0 atom stereocenters. The van der Waals surface area contributed by atoms with Gasteiger partial charge in [0, 0.05) is 42.6 Å².